The highest BCUT2D eigenvalue weighted by Crippen LogP contribution is 2.19. The first-order chi connectivity index (χ1) is 7.70. The molecule has 16 heavy (non-hydrogen) atoms. The van der Waals surface area contributed by atoms with Crippen LogP contribution < -0.4 is 0 Å². The molecule has 0 aromatic heterocycles. The molecule has 0 saturated heterocycles. The molecule has 1 nitrogen and oxygen atoms in total. The first-order valence-electron chi connectivity index (χ1n) is 4.95. The van der Waals surface area contributed by atoms with Gasteiger partial charge in [0.25, 0.3) is 0 Å². The molecule has 0 fully saturated rings. The Balaban J connectivity index is 3.13. The van der Waals surface area contributed by atoms with Gasteiger partial charge in [0.05, 0.1) is 0 Å². The fourth-order valence-electron chi connectivity index (χ4n) is 1.28. The Labute approximate surface area is 104 Å². The number of allylic oxidation sites excluding steroid dienone is 5. The molecule has 0 bridgehead atoms. The lowest BCUT2D eigenvalue weighted by Gasteiger charge is -2.03. The summed E-state index contributed by atoms with van der Waals surface area (Å²) in [5.74, 6) is -0.0272. The Morgan fingerprint density at radius 2 is 1.94 bits per heavy atom. The molecule has 0 saturated carbocycles. The van der Waals surface area contributed by atoms with Crippen molar-refractivity contribution >= 4 is 21.7 Å². The maximum Gasteiger partial charge on any atom is 0.194 e. The van der Waals surface area contributed by atoms with Gasteiger partial charge >= 0.3 is 0 Å². The average molecular weight is 277 g/mol. The Kier molecular flexibility index (Phi) is 4.93. The minimum absolute atomic E-state index is 0.0272. The van der Waals surface area contributed by atoms with Gasteiger partial charge in [-0.25, -0.2) is 0 Å². The van der Waals surface area contributed by atoms with Crippen LogP contribution in [0, 0.1) is 0 Å². The zero-order chi connectivity index (χ0) is 12.0. The van der Waals surface area contributed by atoms with E-state index in [0.717, 1.165) is 4.48 Å². The van der Waals surface area contributed by atoms with Gasteiger partial charge in [0.2, 0.25) is 0 Å². The number of Topliss-reactive ketones (excluding diaryl/α,β-unsaturated/α-hetero) is 1. The van der Waals surface area contributed by atoms with E-state index in [1.165, 1.54) is 0 Å². The molecule has 0 aliphatic heterocycles. The number of halogens is 1. The van der Waals surface area contributed by atoms with E-state index in [4.69, 9.17) is 0 Å². The first kappa shape index (κ1) is 12.7. The van der Waals surface area contributed by atoms with E-state index < -0.39 is 0 Å². The van der Waals surface area contributed by atoms with E-state index in [1.807, 2.05) is 37.3 Å². The van der Waals surface area contributed by atoms with Gasteiger partial charge in [-0.15, -0.1) is 0 Å². The third-order valence-corrected chi connectivity index (χ3v) is 2.75. The summed E-state index contributed by atoms with van der Waals surface area (Å²) in [5, 5.41) is 0. The van der Waals surface area contributed by atoms with E-state index >= 15 is 0 Å². The minimum atomic E-state index is -0.0272. The summed E-state index contributed by atoms with van der Waals surface area (Å²) in [6.45, 7) is 5.57. The lowest BCUT2D eigenvalue weighted by Crippen LogP contribution is -2.02. The third kappa shape index (κ3) is 3.04. The van der Waals surface area contributed by atoms with Crippen molar-refractivity contribution in [3.8, 4) is 0 Å². The van der Waals surface area contributed by atoms with Gasteiger partial charge < -0.3 is 0 Å². The first-order valence-corrected chi connectivity index (χ1v) is 5.74. The van der Waals surface area contributed by atoms with Crippen molar-refractivity contribution in [1.82, 2.24) is 0 Å². The van der Waals surface area contributed by atoms with Gasteiger partial charge in [0.15, 0.2) is 5.78 Å². The number of carbonyl (C=O) groups excluding carboxylic acids is 1. The van der Waals surface area contributed by atoms with Crippen molar-refractivity contribution in [1.29, 1.82) is 0 Å². The second kappa shape index (κ2) is 6.23. The van der Waals surface area contributed by atoms with Gasteiger partial charge in [0, 0.05) is 15.6 Å². The lowest BCUT2D eigenvalue weighted by molar-refractivity contribution is 0.103. The predicted octanol–water partition coefficient (Wildman–Crippen LogP) is 4.28. The van der Waals surface area contributed by atoms with Crippen molar-refractivity contribution < 1.29 is 4.79 Å². The molecule has 0 N–H and O–H groups in total. The highest BCUT2D eigenvalue weighted by atomic mass is 79.9. The largest absolute Gasteiger partial charge is 0.289 e. The molecule has 0 unspecified atom stereocenters. The molecule has 0 aliphatic rings. The van der Waals surface area contributed by atoms with Crippen molar-refractivity contribution in [2.45, 2.75) is 6.92 Å². The monoisotopic (exact) mass is 276 g/mol. The van der Waals surface area contributed by atoms with Gasteiger partial charge in [0.1, 0.15) is 0 Å². The standard InChI is InChI=1S/C14H13BrO/c1-3-8-13(15)12(4-2)14(16)11-9-6-5-7-10-11/h3-10H,2H2,1H3/b8-3-,13-12-. The van der Waals surface area contributed by atoms with Crippen molar-refractivity contribution in [3.05, 3.63) is 70.8 Å². The van der Waals surface area contributed by atoms with Gasteiger partial charge in [-0.3, -0.25) is 4.79 Å². The summed E-state index contributed by atoms with van der Waals surface area (Å²) >= 11 is 3.36. The lowest BCUT2D eigenvalue weighted by atomic mass is 10.0. The molecule has 0 spiro atoms. The van der Waals surface area contributed by atoms with Crippen LogP contribution in [0.3, 0.4) is 0 Å². The molecule has 0 aliphatic carbocycles. The molecular weight excluding hydrogens is 264 g/mol. The highest BCUT2D eigenvalue weighted by Gasteiger charge is 2.11. The quantitative estimate of drug-likeness (QED) is 0.456. The van der Waals surface area contributed by atoms with Gasteiger partial charge in [-0.1, -0.05) is 71.1 Å². The van der Waals surface area contributed by atoms with Crippen molar-refractivity contribution in [2.24, 2.45) is 0 Å². The number of hydrogen-bond donors (Lipinski definition) is 0. The molecule has 0 atom stereocenters. The van der Waals surface area contributed by atoms with Gasteiger partial charge in [-0.2, -0.15) is 0 Å². The van der Waals surface area contributed by atoms with Crippen LogP contribution in [0.4, 0.5) is 0 Å². The number of hydrogen-bond acceptors (Lipinski definition) is 1. The molecule has 0 amide bonds. The highest BCUT2D eigenvalue weighted by molar-refractivity contribution is 9.12. The second-order valence-electron chi connectivity index (χ2n) is 3.16. The molecule has 1 aromatic carbocycles. The SMILES string of the molecule is C=C/C(C(=O)c1ccccc1)=C(Br)\C=C/C. The molecule has 0 radical (unpaired) electrons. The van der Waals surface area contributed by atoms with Crippen LogP contribution in [0.15, 0.2) is 65.2 Å². The molecular formula is C14H13BrO. The van der Waals surface area contributed by atoms with E-state index in [2.05, 4.69) is 22.5 Å². The summed E-state index contributed by atoms with van der Waals surface area (Å²) in [6, 6.07) is 9.16. The zero-order valence-corrected chi connectivity index (χ0v) is 10.7. The number of benzene rings is 1. The van der Waals surface area contributed by atoms with E-state index in [1.54, 1.807) is 18.2 Å². The third-order valence-electron chi connectivity index (χ3n) is 2.06. The summed E-state index contributed by atoms with van der Waals surface area (Å²) in [4.78, 5) is 12.1. The number of rotatable bonds is 4. The molecule has 82 valence electrons. The van der Waals surface area contributed by atoms with E-state index in [-0.39, 0.29) is 5.78 Å². The van der Waals surface area contributed by atoms with Crippen LogP contribution in [-0.2, 0) is 0 Å². The number of ketones is 1. The Morgan fingerprint density at radius 1 is 1.31 bits per heavy atom. The maximum atomic E-state index is 12.1. The number of carbonyl (C=O) groups is 1. The minimum Gasteiger partial charge on any atom is -0.289 e. The normalized spacial score (nSPS) is 12.4. The zero-order valence-electron chi connectivity index (χ0n) is 9.11. The van der Waals surface area contributed by atoms with Crippen molar-refractivity contribution in [2.75, 3.05) is 0 Å². The second-order valence-corrected chi connectivity index (χ2v) is 4.02. The summed E-state index contributed by atoms with van der Waals surface area (Å²) in [7, 11) is 0. The Bertz CT molecular complexity index is 441. The van der Waals surface area contributed by atoms with Crippen LogP contribution in [0.2, 0.25) is 0 Å². The summed E-state index contributed by atoms with van der Waals surface area (Å²) in [6.07, 6.45) is 5.27. The summed E-state index contributed by atoms with van der Waals surface area (Å²) in [5.41, 5.74) is 1.24. The fraction of sp³-hybridized carbons (Fsp3) is 0.0714. The molecule has 0 heterocycles. The maximum absolute atomic E-state index is 12.1. The van der Waals surface area contributed by atoms with Crippen LogP contribution >= 0.6 is 15.9 Å². The van der Waals surface area contributed by atoms with Crippen molar-refractivity contribution in [3.63, 3.8) is 0 Å². The van der Waals surface area contributed by atoms with Gasteiger partial charge in [-0.05, 0) is 6.92 Å². The molecule has 2 heteroatoms. The molecule has 1 rings (SSSR count). The fourth-order valence-corrected chi connectivity index (χ4v) is 1.89. The van der Waals surface area contributed by atoms with Crippen LogP contribution in [-0.4, -0.2) is 5.78 Å². The van der Waals surface area contributed by atoms with Crippen LogP contribution in [0.5, 0.6) is 0 Å². The van der Waals surface area contributed by atoms with Crippen LogP contribution in [0.1, 0.15) is 17.3 Å². The Morgan fingerprint density at radius 3 is 2.44 bits per heavy atom. The smallest absolute Gasteiger partial charge is 0.194 e. The predicted molar refractivity (Wildman–Crippen MR) is 71.7 cm³/mol. The Hall–Kier alpha value is -1.41. The van der Waals surface area contributed by atoms with Crippen LogP contribution in [0.25, 0.3) is 0 Å². The average Bonchev–Trinajstić information content (AvgIpc) is 2.31. The van der Waals surface area contributed by atoms with E-state index in [0.29, 0.717) is 11.1 Å². The van der Waals surface area contributed by atoms with E-state index in [9.17, 15) is 4.79 Å². The summed E-state index contributed by atoms with van der Waals surface area (Å²) < 4.78 is 0.749. The molecule has 1 aromatic rings. The topological polar surface area (TPSA) is 17.1 Å².